The highest BCUT2D eigenvalue weighted by molar-refractivity contribution is 5.75. The fourth-order valence-electron chi connectivity index (χ4n) is 0.842. The topological polar surface area (TPSA) is 31.2 Å². The highest BCUT2D eigenvalue weighted by atomic mass is 16.1. The summed E-state index contributed by atoms with van der Waals surface area (Å²) in [5, 5.41) is 3.88. The lowest BCUT2D eigenvalue weighted by molar-refractivity contribution is -0.121. The molecule has 2 heteroatoms. The van der Waals surface area contributed by atoms with Gasteiger partial charge in [-0.05, 0) is 12.8 Å². The van der Waals surface area contributed by atoms with Crippen LogP contribution in [0.1, 0.15) is 46.0 Å². The van der Waals surface area contributed by atoms with E-state index in [1.165, 1.54) is 6.42 Å². The predicted octanol–water partition coefficient (Wildman–Crippen LogP) is 2.11. The van der Waals surface area contributed by atoms with Crippen molar-refractivity contribution in [1.82, 2.24) is 5.32 Å². The van der Waals surface area contributed by atoms with E-state index in [1.54, 1.807) is 0 Å². The number of carbonyl (C=O) groups is 1. The van der Waals surface area contributed by atoms with Crippen molar-refractivity contribution in [2.24, 2.45) is 0 Å². The van der Waals surface area contributed by atoms with Crippen molar-refractivity contribution in [2.75, 3.05) is 6.54 Å². The second-order valence-corrected chi connectivity index (χ2v) is 2.73. The lowest BCUT2D eigenvalue weighted by atomic mass is 10.2. The van der Waals surface area contributed by atoms with Crippen molar-refractivity contribution in [1.29, 1.82) is 0 Å². The minimum Gasteiger partial charge on any atom is -0.273 e. The minimum atomic E-state index is 0.0836. The van der Waals surface area contributed by atoms with E-state index in [0.717, 1.165) is 19.3 Å². The molecule has 0 aromatic rings. The molecule has 0 unspecified atom stereocenters. The third-order valence-electron chi connectivity index (χ3n) is 1.51. The van der Waals surface area contributed by atoms with Gasteiger partial charge < -0.3 is 0 Å². The van der Waals surface area contributed by atoms with E-state index in [-0.39, 0.29) is 5.91 Å². The van der Waals surface area contributed by atoms with E-state index >= 15 is 0 Å². The molecular weight excluding hydrogens is 138 g/mol. The van der Waals surface area contributed by atoms with E-state index in [1.807, 2.05) is 6.92 Å². The summed E-state index contributed by atoms with van der Waals surface area (Å²) >= 11 is 0. The van der Waals surface area contributed by atoms with Crippen LogP contribution >= 0.6 is 0 Å². The number of unbranched alkanes of at least 4 members (excludes halogenated alkanes) is 2. The molecule has 0 fully saturated rings. The molecule has 0 saturated heterocycles. The SMILES string of the molecule is CCCCCC(=O)[N]CCC. The van der Waals surface area contributed by atoms with E-state index < -0.39 is 0 Å². The maximum atomic E-state index is 10.9. The van der Waals surface area contributed by atoms with Gasteiger partial charge in [0.2, 0.25) is 5.91 Å². The summed E-state index contributed by atoms with van der Waals surface area (Å²) in [6.07, 6.45) is 4.93. The molecule has 2 nitrogen and oxygen atoms in total. The first-order chi connectivity index (χ1) is 5.31. The molecule has 0 aromatic heterocycles. The molecule has 0 saturated carbocycles. The van der Waals surface area contributed by atoms with Gasteiger partial charge in [0, 0.05) is 13.0 Å². The van der Waals surface area contributed by atoms with Gasteiger partial charge in [-0.2, -0.15) is 0 Å². The molecule has 0 atom stereocenters. The van der Waals surface area contributed by atoms with Gasteiger partial charge in [-0.15, -0.1) is 0 Å². The van der Waals surface area contributed by atoms with Crippen LogP contribution in [-0.2, 0) is 4.79 Å². The summed E-state index contributed by atoms with van der Waals surface area (Å²) in [7, 11) is 0. The van der Waals surface area contributed by atoms with Crippen LogP contribution in [0.25, 0.3) is 0 Å². The normalized spacial score (nSPS) is 9.64. The Morgan fingerprint density at radius 1 is 1.18 bits per heavy atom. The van der Waals surface area contributed by atoms with Gasteiger partial charge in [-0.3, -0.25) is 10.1 Å². The standard InChI is InChI=1S/C9H18NO/c1-3-5-6-7-9(11)10-8-4-2/h3-8H2,1-2H3. The van der Waals surface area contributed by atoms with Crippen LogP contribution in [-0.4, -0.2) is 12.5 Å². The van der Waals surface area contributed by atoms with Crippen LogP contribution in [0.4, 0.5) is 0 Å². The van der Waals surface area contributed by atoms with Crippen molar-refractivity contribution >= 4 is 5.91 Å². The average Bonchev–Trinajstić information content (AvgIpc) is 2.01. The minimum absolute atomic E-state index is 0.0836. The average molecular weight is 156 g/mol. The second kappa shape index (κ2) is 7.58. The molecule has 65 valence electrons. The first-order valence-corrected chi connectivity index (χ1v) is 4.51. The number of hydrogen-bond acceptors (Lipinski definition) is 1. The number of nitrogens with zero attached hydrogens (tertiary/aromatic N) is 1. The quantitative estimate of drug-likeness (QED) is 0.542. The first-order valence-electron chi connectivity index (χ1n) is 4.51. The van der Waals surface area contributed by atoms with Crippen LogP contribution in [0.15, 0.2) is 0 Å². The Morgan fingerprint density at radius 3 is 2.45 bits per heavy atom. The first kappa shape index (κ1) is 10.5. The summed E-state index contributed by atoms with van der Waals surface area (Å²) in [6.45, 7) is 4.86. The highest BCUT2D eigenvalue weighted by Gasteiger charge is 1.99. The lowest BCUT2D eigenvalue weighted by Gasteiger charge is -1.98. The number of hydrogen-bond donors (Lipinski definition) is 0. The Morgan fingerprint density at radius 2 is 1.91 bits per heavy atom. The molecule has 11 heavy (non-hydrogen) atoms. The maximum absolute atomic E-state index is 10.9. The van der Waals surface area contributed by atoms with Crippen molar-refractivity contribution < 1.29 is 4.79 Å². The van der Waals surface area contributed by atoms with E-state index in [2.05, 4.69) is 12.2 Å². The van der Waals surface area contributed by atoms with Crippen molar-refractivity contribution in [3.05, 3.63) is 0 Å². The third kappa shape index (κ3) is 7.37. The van der Waals surface area contributed by atoms with Crippen molar-refractivity contribution in [3.63, 3.8) is 0 Å². The Labute approximate surface area is 69.4 Å². The zero-order valence-electron chi connectivity index (χ0n) is 7.60. The Kier molecular flexibility index (Phi) is 7.21. The molecule has 0 rings (SSSR count). The molecule has 0 aromatic carbocycles. The van der Waals surface area contributed by atoms with Gasteiger partial charge in [0.25, 0.3) is 0 Å². The Hall–Kier alpha value is -0.530. The van der Waals surface area contributed by atoms with Crippen molar-refractivity contribution in [2.45, 2.75) is 46.0 Å². The van der Waals surface area contributed by atoms with Crippen LogP contribution in [0.3, 0.4) is 0 Å². The highest BCUT2D eigenvalue weighted by Crippen LogP contribution is 1.98. The van der Waals surface area contributed by atoms with Gasteiger partial charge in [0.15, 0.2) is 0 Å². The summed E-state index contributed by atoms with van der Waals surface area (Å²) < 4.78 is 0. The lowest BCUT2D eigenvalue weighted by Crippen LogP contribution is -2.15. The molecule has 0 aliphatic rings. The van der Waals surface area contributed by atoms with E-state index in [4.69, 9.17) is 0 Å². The molecule has 0 bridgehead atoms. The molecule has 0 aliphatic carbocycles. The smallest absolute Gasteiger partial charge is 0.241 e. The van der Waals surface area contributed by atoms with Crippen LogP contribution in [0.2, 0.25) is 0 Å². The second-order valence-electron chi connectivity index (χ2n) is 2.73. The predicted molar refractivity (Wildman–Crippen MR) is 46.4 cm³/mol. The number of rotatable bonds is 6. The fraction of sp³-hybridized carbons (Fsp3) is 0.889. The Balaban J connectivity index is 3.09. The molecule has 0 spiro atoms. The van der Waals surface area contributed by atoms with E-state index in [0.29, 0.717) is 13.0 Å². The zero-order chi connectivity index (χ0) is 8.53. The summed E-state index contributed by atoms with van der Waals surface area (Å²) in [4.78, 5) is 10.9. The van der Waals surface area contributed by atoms with E-state index in [9.17, 15) is 4.79 Å². The summed E-state index contributed by atoms with van der Waals surface area (Å²) in [5.41, 5.74) is 0. The van der Waals surface area contributed by atoms with Gasteiger partial charge in [-0.25, -0.2) is 0 Å². The van der Waals surface area contributed by atoms with Gasteiger partial charge in [0.05, 0.1) is 0 Å². The summed E-state index contributed by atoms with van der Waals surface area (Å²) in [6, 6.07) is 0. The molecule has 0 aliphatic heterocycles. The Bertz CT molecular complexity index is 102. The molecule has 0 N–H and O–H groups in total. The molecule has 1 radical (unpaired) electrons. The zero-order valence-corrected chi connectivity index (χ0v) is 7.60. The van der Waals surface area contributed by atoms with Crippen LogP contribution in [0, 0.1) is 0 Å². The van der Waals surface area contributed by atoms with Crippen LogP contribution < -0.4 is 5.32 Å². The van der Waals surface area contributed by atoms with Crippen LogP contribution in [0.5, 0.6) is 0 Å². The molecule has 0 heterocycles. The monoisotopic (exact) mass is 156 g/mol. The van der Waals surface area contributed by atoms with Gasteiger partial charge >= 0.3 is 0 Å². The molecule has 1 amide bonds. The maximum Gasteiger partial charge on any atom is 0.241 e. The number of carbonyl (C=O) groups excluding carboxylic acids is 1. The third-order valence-corrected chi connectivity index (χ3v) is 1.51. The fourth-order valence-corrected chi connectivity index (χ4v) is 0.842. The molecular formula is C9H18NO. The van der Waals surface area contributed by atoms with Gasteiger partial charge in [-0.1, -0.05) is 26.7 Å². The van der Waals surface area contributed by atoms with Gasteiger partial charge in [0.1, 0.15) is 0 Å². The van der Waals surface area contributed by atoms with Crippen molar-refractivity contribution in [3.8, 4) is 0 Å². The number of amides is 1. The largest absolute Gasteiger partial charge is 0.273 e. The summed E-state index contributed by atoms with van der Waals surface area (Å²) in [5.74, 6) is 0.0836.